The highest BCUT2D eigenvalue weighted by molar-refractivity contribution is 5.75. The Labute approximate surface area is 116 Å². The van der Waals surface area contributed by atoms with E-state index in [1.165, 1.54) is 0 Å². The molecule has 0 aliphatic carbocycles. The van der Waals surface area contributed by atoms with Gasteiger partial charge in [-0.25, -0.2) is 9.67 Å². The van der Waals surface area contributed by atoms with Crippen molar-refractivity contribution in [1.29, 1.82) is 0 Å². The van der Waals surface area contributed by atoms with Crippen molar-refractivity contribution < 1.29 is 0 Å². The van der Waals surface area contributed by atoms with Crippen LogP contribution in [0.4, 0.5) is 5.69 Å². The van der Waals surface area contributed by atoms with Crippen LogP contribution in [0.5, 0.6) is 0 Å². The maximum Gasteiger partial charge on any atom is 0.153 e. The van der Waals surface area contributed by atoms with Gasteiger partial charge in [0.1, 0.15) is 5.69 Å². The molecule has 0 saturated carbocycles. The zero-order valence-corrected chi connectivity index (χ0v) is 11.7. The fourth-order valence-corrected chi connectivity index (χ4v) is 2.30. The molecule has 6 nitrogen and oxygen atoms in total. The van der Waals surface area contributed by atoms with E-state index < -0.39 is 0 Å². The van der Waals surface area contributed by atoms with Crippen molar-refractivity contribution in [2.45, 2.75) is 13.8 Å². The molecule has 0 aromatic carbocycles. The lowest BCUT2D eigenvalue weighted by atomic mass is 10.1. The van der Waals surface area contributed by atoms with E-state index >= 15 is 0 Å². The molecule has 2 N–H and O–H groups in total. The molecule has 0 amide bonds. The Morgan fingerprint density at radius 2 is 1.95 bits per heavy atom. The number of hydrogen-bond donors (Lipinski definition) is 1. The second kappa shape index (κ2) is 4.48. The van der Waals surface area contributed by atoms with Crippen LogP contribution < -0.4 is 5.73 Å². The number of aromatic nitrogens is 5. The van der Waals surface area contributed by atoms with Crippen molar-refractivity contribution in [3.63, 3.8) is 0 Å². The van der Waals surface area contributed by atoms with Crippen LogP contribution in [0.25, 0.3) is 17.1 Å². The third kappa shape index (κ3) is 1.85. The smallest absolute Gasteiger partial charge is 0.153 e. The van der Waals surface area contributed by atoms with Crippen LogP contribution in [0.3, 0.4) is 0 Å². The van der Waals surface area contributed by atoms with Gasteiger partial charge in [-0.15, -0.1) is 0 Å². The summed E-state index contributed by atoms with van der Waals surface area (Å²) in [5.74, 6) is 0.740. The van der Waals surface area contributed by atoms with Crippen LogP contribution in [-0.2, 0) is 7.05 Å². The Hall–Kier alpha value is -2.63. The Balaban J connectivity index is 2.15. The van der Waals surface area contributed by atoms with Gasteiger partial charge in [-0.2, -0.15) is 10.2 Å². The van der Waals surface area contributed by atoms with Gasteiger partial charge in [-0.3, -0.25) is 4.68 Å². The minimum Gasteiger partial charge on any atom is -0.396 e. The van der Waals surface area contributed by atoms with E-state index in [4.69, 9.17) is 5.73 Å². The Kier molecular flexibility index (Phi) is 2.78. The second-order valence-electron chi connectivity index (χ2n) is 4.73. The number of aryl methyl sites for hydroxylation is 2. The first-order valence-electron chi connectivity index (χ1n) is 6.35. The van der Waals surface area contributed by atoms with E-state index in [9.17, 15) is 0 Å². The summed E-state index contributed by atoms with van der Waals surface area (Å²) in [6.45, 7) is 3.97. The average Bonchev–Trinajstić information content (AvgIpc) is 2.92. The lowest BCUT2D eigenvalue weighted by Crippen LogP contribution is -1.97. The van der Waals surface area contributed by atoms with Crippen molar-refractivity contribution >= 4 is 5.69 Å². The number of hydrogen-bond acceptors (Lipinski definition) is 4. The minimum absolute atomic E-state index is 0.620. The lowest BCUT2D eigenvalue weighted by molar-refractivity contribution is 0.731. The van der Waals surface area contributed by atoms with Crippen LogP contribution in [0.2, 0.25) is 0 Å². The number of nitrogen functional groups attached to an aromatic ring is 1. The zero-order valence-electron chi connectivity index (χ0n) is 11.7. The summed E-state index contributed by atoms with van der Waals surface area (Å²) in [6.07, 6.45) is 3.51. The first-order valence-corrected chi connectivity index (χ1v) is 6.35. The Bertz CT molecular complexity index is 754. The molecule has 0 radical (unpaired) electrons. The minimum atomic E-state index is 0.620. The van der Waals surface area contributed by atoms with Crippen molar-refractivity contribution in [3.8, 4) is 17.1 Å². The largest absolute Gasteiger partial charge is 0.396 e. The summed E-state index contributed by atoms with van der Waals surface area (Å²) >= 11 is 0. The predicted molar refractivity (Wildman–Crippen MR) is 77.4 cm³/mol. The highest BCUT2D eigenvalue weighted by Crippen LogP contribution is 2.30. The molecule has 3 heterocycles. The van der Waals surface area contributed by atoms with Gasteiger partial charge in [-0.05, 0) is 26.0 Å². The predicted octanol–water partition coefficient (Wildman–Crippen LogP) is 1.87. The highest BCUT2D eigenvalue weighted by Gasteiger charge is 2.18. The summed E-state index contributed by atoms with van der Waals surface area (Å²) in [7, 11) is 1.91. The molecule has 0 aliphatic rings. The van der Waals surface area contributed by atoms with Gasteiger partial charge in [0.15, 0.2) is 5.82 Å². The molecule has 0 aliphatic heterocycles. The molecule has 3 aromatic rings. The van der Waals surface area contributed by atoms with Gasteiger partial charge in [-0.1, -0.05) is 6.07 Å². The fraction of sp³-hybridized carbons (Fsp3) is 0.214. The zero-order chi connectivity index (χ0) is 14.3. The molecule has 0 saturated heterocycles. The van der Waals surface area contributed by atoms with E-state index in [-0.39, 0.29) is 0 Å². The molecule has 0 fully saturated rings. The normalized spacial score (nSPS) is 10.9. The second-order valence-corrected chi connectivity index (χ2v) is 4.73. The van der Waals surface area contributed by atoms with Gasteiger partial charge < -0.3 is 5.73 Å². The first kappa shape index (κ1) is 12.4. The molecule has 102 valence electrons. The SMILES string of the molecule is Cc1nn(C)c(C)c1-c1nn(-c2ccccn2)cc1N. The van der Waals surface area contributed by atoms with Crippen LogP contribution in [0.15, 0.2) is 30.6 Å². The number of rotatable bonds is 2. The Morgan fingerprint density at radius 1 is 1.15 bits per heavy atom. The van der Waals surface area contributed by atoms with Crippen molar-refractivity contribution in [1.82, 2.24) is 24.5 Å². The number of nitrogens with two attached hydrogens (primary N) is 1. The molecule has 0 atom stereocenters. The standard InChI is InChI=1S/C14H16N6/c1-9-13(10(2)19(3)17-9)14-11(15)8-20(18-14)12-6-4-5-7-16-12/h4-8H,15H2,1-3H3. The average molecular weight is 268 g/mol. The molecule has 6 heteroatoms. The van der Waals surface area contributed by atoms with Crippen LogP contribution in [0.1, 0.15) is 11.4 Å². The molecule has 0 unspecified atom stereocenters. The maximum absolute atomic E-state index is 6.11. The maximum atomic E-state index is 6.11. The van der Waals surface area contributed by atoms with Crippen LogP contribution in [-0.4, -0.2) is 24.5 Å². The van der Waals surface area contributed by atoms with Crippen molar-refractivity contribution in [3.05, 3.63) is 42.0 Å². The van der Waals surface area contributed by atoms with Gasteiger partial charge >= 0.3 is 0 Å². The number of pyridine rings is 1. The molecular formula is C14H16N6. The molecule has 3 aromatic heterocycles. The summed E-state index contributed by atoms with van der Waals surface area (Å²) in [4.78, 5) is 4.27. The molecular weight excluding hydrogens is 252 g/mol. The van der Waals surface area contributed by atoms with E-state index in [1.807, 2.05) is 43.8 Å². The number of nitrogens with zero attached hydrogens (tertiary/aromatic N) is 5. The number of anilines is 1. The van der Waals surface area contributed by atoms with Crippen molar-refractivity contribution in [2.75, 3.05) is 5.73 Å². The van der Waals surface area contributed by atoms with Crippen molar-refractivity contribution in [2.24, 2.45) is 7.05 Å². The summed E-state index contributed by atoms with van der Waals surface area (Å²) in [6, 6.07) is 5.67. The van der Waals surface area contributed by atoms with E-state index in [0.29, 0.717) is 5.69 Å². The van der Waals surface area contributed by atoms with E-state index in [0.717, 1.165) is 28.5 Å². The Morgan fingerprint density at radius 3 is 2.55 bits per heavy atom. The van der Waals surface area contributed by atoms with Crippen LogP contribution >= 0.6 is 0 Å². The van der Waals surface area contributed by atoms with Gasteiger partial charge in [0, 0.05) is 24.5 Å². The van der Waals surface area contributed by atoms with Gasteiger partial charge in [0.05, 0.1) is 17.6 Å². The third-order valence-corrected chi connectivity index (χ3v) is 3.37. The summed E-state index contributed by atoms with van der Waals surface area (Å²) in [5.41, 5.74) is 10.4. The molecule has 0 spiro atoms. The summed E-state index contributed by atoms with van der Waals surface area (Å²) < 4.78 is 3.53. The summed E-state index contributed by atoms with van der Waals surface area (Å²) in [5, 5.41) is 8.97. The monoisotopic (exact) mass is 268 g/mol. The third-order valence-electron chi connectivity index (χ3n) is 3.37. The topological polar surface area (TPSA) is 74.5 Å². The molecule has 20 heavy (non-hydrogen) atoms. The van der Waals surface area contributed by atoms with Gasteiger partial charge in [0.25, 0.3) is 0 Å². The fourth-order valence-electron chi connectivity index (χ4n) is 2.30. The van der Waals surface area contributed by atoms with Gasteiger partial charge in [0.2, 0.25) is 0 Å². The highest BCUT2D eigenvalue weighted by atomic mass is 15.3. The van der Waals surface area contributed by atoms with E-state index in [2.05, 4.69) is 15.2 Å². The van der Waals surface area contributed by atoms with Crippen LogP contribution in [0, 0.1) is 13.8 Å². The molecule has 0 bridgehead atoms. The molecule has 3 rings (SSSR count). The van der Waals surface area contributed by atoms with E-state index in [1.54, 1.807) is 17.1 Å². The lowest BCUT2D eigenvalue weighted by Gasteiger charge is -2.00. The quantitative estimate of drug-likeness (QED) is 0.770. The first-order chi connectivity index (χ1) is 9.58.